The van der Waals surface area contributed by atoms with Gasteiger partial charge in [-0.25, -0.2) is 0 Å². The van der Waals surface area contributed by atoms with E-state index in [2.05, 4.69) is 0 Å². The SMILES string of the molecule is O=C([O-])CN1C(=O)S/C(=C/c2c(Cl)cccc2Cl)C1=O. The summed E-state index contributed by atoms with van der Waals surface area (Å²) in [6.45, 7) is -0.780. The summed E-state index contributed by atoms with van der Waals surface area (Å²) >= 11 is 12.5. The molecule has 1 saturated heterocycles. The van der Waals surface area contributed by atoms with E-state index < -0.39 is 23.7 Å². The molecule has 0 radical (unpaired) electrons. The van der Waals surface area contributed by atoms with Gasteiger partial charge in [0.1, 0.15) is 0 Å². The van der Waals surface area contributed by atoms with Crippen molar-refractivity contribution in [3.8, 4) is 0 Å². The first kappa shape index (κ1) is 14.9. The Morgan fingerprint density at radius 1 is 1.30 bits per heavy atom. The number of thioether (sulfide) groups is 1. The number of carboxylic acid groups (broad SMARTS) is 1. The average molecular weight is 331 g/mol. The lowest BCUT2D eigenvalue weighted by Gasteiger charge is -2.12. The van der Waals surface area contributed by atoms with Crippen LogP contribution < -0.4 is 5.11 Å². The molecule has 0 unspecified atom stereocenters. The van der Waals surface area contributed by atoms with E-state index in [0.29, 0.717) is 32.3 Å². The fraction of sp³-hybridized carbons (Fsp3) is 0.0833. The predicted octanol–water partition coefficient (Wildman–Crippen LogP) is 1.78. The standard InChI is InChI=1S/C12H7Cl2NO4S/c13-7-2-1-3-8(14)6(7)4-9-11(18)15(5-10(16)17)12(19)20-9/h1-4H,5H2,(H,16,17)/p-1/b9-4+. The summed E-state index contributed by atoms with van der Waals surface area (Å²) in [4.78, 5) is 34.6. The van der Waals surface area contributed by atoms with Gasteiger partial charge in [-0.15, -0.1) is 0 Å². The number of rotatable bonds is 3. The van der Waals surface area contributed by atoms with Crippen LogP contribution in [0.3, 0.4) is 0 Å². The molecule has 20 heavy (non-hydrogen) atoms. The Morgan fingerprint density at radius 2 is 1.90 bits per heavy atom. The molecule has 1 aromatic rings. The molecule has 1 heterocycles. The average Bonchev–Trinajstić information content (AvgIpc) is 2.61. The van der Waals surface area contributed by atoms with E-state index in [9.17, 15) is 19.5 Å². The molecule has 1 aliphatic heterocycles. The maximum Gasteiger partial charge on any atom is 0.293 e. The van der Waals surface area contributed by atoms with Gasteiger partial charge in [0.2, 0.25) is 0 Å². The summed E-state index contributed by atoms with van der Waals surface area (Å²) in [5.41, 5.74) is 0.398. The third-order valence-corrected chi connectivity index (χ3v) is 4.00. The summed E-state index contributed by atoms with van der Waals surface area (Å²) in [5.74, 6) is -2.22. The lowest BCUT2D eigenvalue weighted by Crippen LogP contribution is -2.40. The molecule has 0 spiro atoms. The molecule has 0 saturated carbocycles. The molecule has 0 bridgehead atoms. The summed E-state index contributed by atoms with van der Waals surface area (Å²) in [6.07, 6.45) is 1.37. The molecule has 1 aromatic carbocycles. The van der Waals surface area contributed by atoms with Gasteiger partial charge in [0, 0.05) is 15.6 Å². The van der Waals surface area contributed by atoms with E-state index in [1.54, 1.807) is 18.2 Å². The van der Waals surface area contributed by atoms with Gasteiger partial charge in [0.25, 0.3) is 11.1 Å². The van der Waals surface area contributed by atoms with E-state index in [1.807, 2.05) is 0 Å². The first-order chi connectivity index (χ1) is 9.40. The highest BCUT2D eigenvalue weighted by Crippen LogP contribution is 2.35. The molecule has 5 nitrogen and oxygen atoms in total. The van der Waals surface area contributed by atoms with Crippen molar-refractivity contribution in [1.82, 2.24) is 4.90 Å². The molecular formula is C12H6Cl2NO4S-. The Labute approximate surface area is 128 Å². The number of nitrogens with zero attached hydrogens (tertiary/aromatic N) is 1. The fourth-order valence-electron chi connectivity index (χ4n) is 1.55. The predicted molar refractivity (Wildman–Crippen MR) is 74.1 cm³/mol. The first-order valence-corrected chi connectivity index (χ1v) is 6.86. The van der Waals surface area contributed by atoms with E-state index in [1.165, 1.54) is 6.08 Å². The molecular weight excluding hydrogens is 325 g/mol. The number of carboxylic acids is 1. The Balaban J connectivity index is 2.35. The van der Waals surface area contributed by atoms with Crippen LogP contribution in [0.1, 0.15) is 5.56 Å². The van der Waals surface area contributed by atoms with Crippen LogP contribution in [0, 0.1) is 0 Å². The zero-order valence-electron chi connectivity index (χ0n) is 9.76. The molecule has 0 aromatic heterocycles. The molecule has 8 heteroatoms. The van der Waals surface area contributed by atoms with Gasteiger partial charge in [-0.3, -0.25) is 14.5 Å². The van der Waals surface area contributed by atoms with E-state index in [-0.39, 0.29) is 4.91 Å². The molecule has 2 amide bonds. The summed E-state index contributed by atoms with van der Waals surface area (Å²) in [6, 6.07) is 4.82. The van der Waals surface area contributed by atoms with Crippen LogP contribution in [0.25, 0.3) is 6.08 Å². The van der Waals surface area contributed by atoms with Gasteiger partial charge >= 0.3 is 0 Å². The van der Waals surface area contributed by atoms with Gasteiger partial charge in [-0.05, 0) is 30.0 Å². The molecule has 0 N–H and O–H groups in total. The normalized spacial score (nSPS) is 17.1. The highest BCUT2D eigenvalue weighted by Gasteiger charge is 2.35. The van der Waals surface area contributed by atoms with Crippen LogP contribution in [-0.2, 0) is 9.59 Å². The summed E-state index contributed by atoms with van der Waals surface area (Å²) < 4.78 is 0. The number of aliphatic carboxylic acids is 1. The second-order valence-electron chi connectivity index (χ2n) is 3.78. The Kier molecular flexibility index (Phi) is 4.37. The Morgan fingerprint density at radius 3 is 2.45 bits per heavy atom. The van der Waals surface area contributed by atoms with Crippen LogP contribution in [-0.4, -0.2) is 28.6 Å². The summed E-state index contributed by atoms with van der Waals surface area (Å²) in [7, 11) is 0. The van der Waals surface area contributed by atoms with Crippen LogP contribution >= 0.6 is 35.0 Å². The van der Waals surface area contributed by atoms with Crippen molar-refractivity contribution < 1.29 is 19.5 Å². The zero-order chi connectivity index (χ0) is 14.9. The van der Waals surface area contributed by atoms with Crippen LogP contribution in [0.2, 0.25) is 10.0 Å². The van der Waals surface area contributed by atoms with Crippen LogP contribution in [0.4, 0.5) is 4.79 Å². The smallest absolute Gasteiger partial charge is 0.293 e. The lowest BCUT2D eigenvalue weighted by atomic mass is 10.2. The van der Waals surface area contributed by atoms with Crippen molar-refractivity contribution in [2.75, 3.05) is 6.54 Å². The number of benzene rings is 1. The maximum atomic E-state index is 11.9. The highest BCUT2D eigenvalue weighted by molar-refractivity contribution is 8.18. The number of amides is 2. The van der Waals surface area contributed by atoms with Crippen molar-refractivity contribution >= 4 is 58.2 Å². The van der Waals surface area contributed by atoms with Crippen molar-refractivity contribution in [2.24, 2.45) is 0 Å². The van der Waals surface area contributed by atoms with E-state index >= 15 is 0 Å². The zero-order valence-corrected chi connectivity index (χ0v) is 12.1. The third-order valence-electron chi connectivity index (χ3n) is 2.44. The second-order valence-corrected chi connectivity index (χ2v) is 5.58. The topological polar surface area (TPSA) is 77.5 Å². The second kappa shape index (κ2) is 5.87. The molecule has 1 fully saturated rings. The third kappa shape index (κ3) is 2.98. The Bertz CT molecular complexity index is 624. The van der Waals surface area contributed by atoms with Crippen molar-refractivity contribution in [1.29, 1.82) is 0 Å². The molecule has 104 valence electrons. The van der Waals surface area contributed by atoms with Crippen molar-refractivity contribution in [2.45, 2.75) is 0 Å². The number of imide groups is 1. The Hall–Kier alpha value is -1.50. The molecule has 2 rings (SSSR count). The van der Waals surface area contributed by atoms with Crippen molar-refractivity contribution in [3.05, 3.63) is 38.7 Å². The van der Waals surface area contributed by atoms with Gasteiger partial charge < -0.3 is 9.90 Å². The van der Waals surface area contributed by atoms with Crippen LogP contribution in [0.15, 0.2) is 23.1 Å². The van der Waals surface area contributed by atoms with Gasteiger partial charge in [0.05, 0.1) is 17.4 Å². The minimum Gasteiger partial charge on any atom is -0.548 e. The monoisotopic (exact) mass is 330 g/mol. The number of carbonyl (C=O) groups excluding carboxylic acids is 3. The first-order valence-electron chi connectivity index (χ1n) is 5.29. The highest BCUT2D eigenvalue weighted by atomic mass is 35.5. The fourth-order valence-corrected chi connectivity index (χ4v) is 2.87. The van der Waals surface area contributed by atoms with Crippen LogP contribution in [0.5, 0.6) is 0 Å². The van der Waals surface area contributed by atoms with E-state index in [4.69, 9.17) is 23.2 Å². The minimum atomic E-state index is -1.51. The van der Waals surface area contributed by atoms with Gasteiger partial charge in [-0.1, -0.05) is 29.3 Å². The largest absolute Gasteiger partial charge is 0.548 e. The maximum absolute atomic E-state index is 11.9. The van der Waals surface area contributed by atoms with E-state index in [0.717, 1.165) is 0 Å². The quantitative estimate of drug-likeness (QED) is 0.789. The number of carbonyl (C=O) groups is 3. The number of halogens is 2. The summed E-state index contributed by atoms with van der Waals surface area (Å²) in [5, 5.41) is 10.5. The molecule has 0 aliphatic carbocycles. The van der Waals surface area contributed by atoms with Gasteiger partial charge in [0.15, 0.2) is 0 Å². The number of hydrogen-bond acceptors (Lipinski definition) is 5. The van der Waals surface area contributed by atoms with Gasteiger partial charge in [-0.2, -0.15) is 0 Å². The van der Waals surface area contributed by atoms with Crippen molar-refractivity contribution in [3.63, 3.8) is 0 Å². The molecule has 0 atom stereocenters. The number of hydrogen-bond donors (Lipinski definition) is 0. The molecule has 1 aliphatic rings. The lowest BCUT2D eigenvalue weighted by molar-refractivity contribution is -0.305. The minimum absolute atomic E-state index is 0.0613.